The molecule has 1 aliphatic rings. The van der Waals surface area contributed by atoms with Gasteiger partial charge in [-0.05, 0) is 18.6 Å². The molecule has 0 bridgehead atoms. The molecule has 1 atom stereocenters. The van der Waals surface area contributed by atoms with Crippen molar-refractivity contribution in [3.63, 3.8) is 0 Å². The van der Waals surface area contributed by atoms with Crippen LogP contribution in [0.3, 0.4) is 0 Å². The van der Waals surface area contributed by atoms with E-state index in [0.29, 0.717) is 25.1 Å². The summed E-state index contributed by atoms with van der Waals surface area (Å²) in [6.07, 6.45) is -4.51. The van der Waals surface area contributed by atoms with Crippen LogP contribution in [-0.2, 0) is 15.8 Å². The average molecular weight is 345 g/mol. The van der Waals surface area contributed by atoms with Gasteiger partial charge >= 0.3 is 6.18 Å². The maximum atomic E-state index is 12.9. The first-order chi connectivity index (χ1) is 11.1. The summed E-state index contributed by atoms with van der Waals surface area (Å²) in [5, 5.41) is 13.0. The number of anilines is 1. The van der Waals surface area contributed by atoms with Gasteiger partial charge in [0.05, 0.1) is 10.8 Å². The Hall–Kier alpha value is -2.65. The number of nitro groups is 1. The molecule has 0 unspecified atom stereocenters. The van der Waals surface area contributed by atoms with Gasteiger partial charge in [0.1, 0.15) is 5.56 Å². The summed E-state index contributed by atoms with van der Waals surface area (Å²) in [7, 11) is 0. The molecule has 2 amide bonds. The smallest absolute Gasteiger partial charge is 0.342 e. The number of halogens is 3. The summed E-state index contributed by atoms with van der Waals surface area (Å²) in [4.78, 5) is 34.4. The summed E-state index contributed by atoms with van der Waals surface area (Å²) in [5.74, 6) is -1.24. The second kappa shape index (κ2) is 6.46. The molecule has 1 saturated heterocycles. The Labute approximate surface area is 134 Å². The second-order valence-corrected chi connectivity index (χ2v) is 5.43. The third kappa shape index (κ3) is 3.81. The first kappa shape index (κ1) is 17.7. The molecule has 10 heteroatoms. The zero-order valence-corrected chi connectivity index (χ0v) is 12.6. The highest BCUT2D eigenvalue weighted by Crippen LogP contribution is 2.37. The van der Waals surface area contributed by atoms with Crippen molar-refractivity contribution in [3.8, 4) is 0 Å². The number of carbonyl (C=O) groups excluding carboxylic acids is 2. The van der Waals surface area contributed by atoms with Gasteiger partial charge in [0.25, 0.3) is 5.69 Å². The highest BCUT2D eigenvalue weighted by Gasteiger charge is 2.38. The molecule has 1 heterocycles. The predicted molar refractivity (Wildman–Crippen MR) is 77.1 cm³/mol. The van der Waals surface area contributed by atoms with Crippen LogP contribution in [-0.4, -0.2) is 34.7 Å². The highest BCUT2D eigenvalue weighted by molar-refractivity contribution is 5.93. The largest absolute Gasteiger partial charge is 0.423 e. The molecule has 7 nitrogen and oxygen atoms in total. The van der Waals surface area contributed by atoms with E-state index in [2.05, 4.69) is 5.32 Å². The molecule has 24 heavy (non-hydrogen) atoms. The minimum absolute atomic E-state index is 0.181. The highest BCUT2D eigenvalue weighted by atomic mass is 19.4. The second-order valence-electron chi connectivity index (χ2n) is 5.43. The van der Waals surface area contributed by atoms with Crippen molar-refractivity contribution >= 4 is 23.2 Å². The Kier molecular flexibility index (Phi) is 4.76. The lowest BCUT2D eigenvalue weighted by Gasteiger charge is -2.15. The van der Waals surface area contributed by atoms with Crippen LogP contribution in [0.4, 0.5) is 24.5 Å². The minimum Gasteiger partial charge on any atom is -0.342 e. The topological polar surface area (TPSA) is 92.6 Å². The SMILES string of the molecule is CC(=O)N1CC[C@H](C(=O)Nc2ccc([N+](=O)[O-])c(C(F)(F)F)c2)C1. The first-order valence-corrected chi connectivity index (χ1v) is 7.01. The predicted octanol–water partition coefficient (Wildman–Crippen LogP) is 2.42. The molecule has 0 aromatic heterocycles. The minimum atomic E-state index is -4.91. The summed E-state index contributed by atoms with van der Waals surface area (Å²) in [6, 6.07) is 2.28. The van der Waals surface area contributed by atoms with E-state index in [0.717, 1.165) is 6.07 Å². The monoisotopic (exact) mass is 345 g/mol. The third-order valence-electron chi connectivity index (χ3n) is 3.77. The number of alkyl halides is 3. The van der Waals surface area contributed by atoms with Gasteiger partial charge in [-0.3, -0.25) is 19.7 Å². The van der Waals surface area contributed by atoms with Crippen LogP contribution >= 0.6 is 0 Å². The molecule has 1 N–H and O–H groups in total. The lowest BCUT2D eigenvalue weighted by atomic mass is 10.1. The van der Waals surface area contributed by atoms with Gasteiger partial charge in [0.2, 0.25) is 11.8 Å². The lowest BCUT2D eigenvalue weighted by molar-refractivity contribution is -0.388. The van der Waals surface area contributed by atoms with Gasteiger partial charge in [-0.1, -0.05) is 0 Å². The van der Waals surface area contributed by atoms with E-state index in [1.54, 1.807) is 0 Å². The van der Waals surface area contributed by atoms with Gasteiger partial charge in [-0.15, -0.1) is 0 Å². The number of hydrogen-bond acceptors (Lipinski definition) is 4. The molecule has 1 fully saturated rings. The zero-order chi connectivity index (χ0) is 18.1. The lowest BCUT2D eigenvalue weighted by Crippen LogP contribution is -2.29. The van der Waals surface area contributed by atoms with Crippen LogP contribution in [0.15, 0.2) is 18.2 Å². The van der Waals surface area contributed by atoms with Crippen molar-refractivity contribution < 1.29 is 27.7 Å². The zero-order valence-electron chi connectivity index (χ0n) is 12.6. The Bertz CT molecular complexity index is 690. The summed E-state index contributed by atoms with van der Waals surface area (Å²) in [5.41, 5.74) is -2.69. The number of amides is 2. The van der Waals surface area contributed by atoms with Crippen molar-refractivity contribution in [2.45, 2.75) is 19.5 Å². The average Bonchev–Trinajstić information content (AvgIpc) is 2.96. The van der Waals surface area contributed by atoms with Crippen LogP contribution in [0, 0.1) is 16.0 Å². The van der Waals surface area contributed by atoms with Crippen molar-refractivity contribution in [1.82, 2.24) is 4.90 Å². The number of nitrogens with zero attached hydrogens (tertiary/aromatic N) is 2. The number of likely N-dealkylation sites (tertiary alicyclic amines) is 1. The van der Waals surface area contributed by atoms with E-state index in [4.69, 9.17) is 0 Å². The molecule has 2 rings (SSSR count). The molecule has 130 valence electrons. The Morgan fingerprint density at radius 3 is 2.54 bits per heavy atom. The van der Waals surface area contributed by atoms with Crippen molar-refractivity contribution in [1.29, 1.82) is 0 Å². The van der Waals surface area contributed by atoms with Gasteiger partial charge in [-0.25, -0.2) is 0 Å². The van der Waals surface area contributed by atoms with Gasteiger partial charge in [0.15, 0.2) is 0 Å². The fraction of sp³-hybridized carbons (Fsp3) is 0.429. The normalized spacial score (nSPS) is 17.7. The number of hydrogen-bond donors (Lipinski definition) is 1. The van der Waals surface area contributed by atoms with E-state index in [-0.39, 0.29) is 18.1 Å². The molecule has 0 saturated carbocycles. The maximum absolute atomic E-state index is 12.9. The van der Waals surface area contributed by atoms with E-state index in [9.17, 15) is 32.9 Å². The molecular formula is C14H14F3N3O4. The number of nitrogens with one attached hydrogen (secondary N) is 1. The summed E-state index contributed by atoms with van der Waals surface area (Å²) in [6.45, 7) is 1.97. The number of rotatable bonds is 3. The Morgan fingerprint density at radius 2 is 2.04 bits per heavy atom. The van der Waals surface area contributed by atoms with Gasteiger partial charge < -0.3 is 10.2 Å². The Balaban J connectivity index is 2.17. The molecular weight excluding hydrogens is 331 g/mol. The molecule has 1 aliphatic heterocycles. The van der Waals surface area contributed by atoms with Gasteiger partial charge in [0, 0.05) is 31.8 Å². The van der Waals surface area contributed by atoms with Crippen molar-refractivity contribution in [2.24, 2.45) is 5.92 Å². The van der Waals surface area contributed by atoms with Crippen LogP contribution < -0.4 is 5.32 Å². The molecule has 1 aromatic carbocycles. The van der Waals surface area contributed by atoms with Gasteiger partial charge in [-0.2, -0.15) is 13.2 Å². The van der Waals surface area contributed by atoms with Crippen LogP contribution in [0.25, 0.3) is 0 Å². The maximum Gasteiger partial charge on any atom is 0.423 e. The molecule has 0 spiro atoms. The summed E-state index contributed by atoms with van der Waals surface area (Å²) >= 11 is 0. The van der Waals surface area contributed by atoms with E-state index >= 15 is 0 Å². The fourth-order valence-corrected chi connectivity index (χ4v) is 2.50. The first-order valence-electron chi connectivity index (χ1n) is 7.01. The van der Waals surface area contributed by atoms with Crippen LogP contribution in [0.2, 0.25) is 0 Å². The standard InChI is InChI=1S/C14H14F3N3O4/c1-8(21)19-5-4-9(7-19)13(22)18-10-2-3-12(20(23)24)11(6-10)14(15,16)17/h2-3,6,9H,4-5,7H2,1H3,(H,18,22)/t9-/m0/s1. The quantitative estimate of drug-likeness (QED) is 0.673. The van der Waals surface area contributed by atoms with E-state index < -0.39 is 34.2 Å². The van der Waals surface area contributed by atoms with Crippen LogP contribution in [0.5, 0.6) is 0 Å². The van der Waals surface area contributed by atoms with Crippen molar-refractivity contribution in [3.05, 3.63) is 33.9 Å². The summed E-state index contributed by atoms with van der Waals surface area (Å²) < 4.78 is 38.7. The van der Waals surface area contributed by atoms with E-state index in [1.807, 2.05) is 0 Å². The number of benzene rings is 1. The molecule has 0 aliphatic carbocycles. The fourth-order valence-electron chi connectivity index (χ4n) is 2.50. The molecule has 0 radical (unpaired) electrons. The third-order valence-corrected chi connectivity index (χ3v) is 3.77. The number of nitro benzene ring substituents is 1. The van der Waals surface area contributed by atoms with Crippen molar-refractivity contribution in [2.75, 3.05) is 18.4 Å². The van der Waals surface area contributed by atoms with Crippen LogP contribution in [0.1, 0.15) is 18.9 Å². The Morgan fingerprint density at radius 1 is 1.38 bits per heavy atom. The van der Waals surface area contributed by atoms with E-state index in [1.165, 1.54) is 11.8 Å². The molecule has 1 aromatic rings. The number of carbonyl (C=O) groups is 2.